The maximum Gasteiger partial charge on any atom is 0.0547 e. The first-order valence-electron chi connectivity index (χ1n) is 11.3. The molecule has 1 heterocycles. The first-order chi connectivity index (χ1) is 16.3. The lowest BCUT2D eigenvalue weighted by Gasteiger charge is -2.11. The van der Waals surface area contributed by atoms with E-state index in [9.17, 15) is 0 Å². The SMILES string of the molecule is Brc1cccc2c1Cc1c(-c3ccc4c5ccccc5n(-c5ccccc5)c4c3)cccc1-2. The molecule has 0 N–H and O–H groups in total. The van der Waals surface area contributed by atoms with Crippen LogP contribution in [0.2, 0.25) is 0 Å². The van der Waals surface area contributed by atoms with E-state index in [0.717, 1.165) is 6.42 Å². The highest BCUT2D eigenvalue weighted by molar-refractivity contribution is 9.10. The predicted octanol–water partition coefficient (Wildman–Crippen LogP) is 8.78. The minimum atomic E-state index is 0.960. The van der Waals surface area contributed by atoms with Gasteiger partial charge in [-0.25, -0.2) is 0 Å². The van der Waals surface area contributed by atoms with Gasteiger partial charge < -0.3 is 4.57 Å². The van der Waals surface area contributed by atoms with Crippen molar-refractivity contribution in [3.8, 4) is 27.9 Å². The van der Waals surface area contributed by atoms with Crippen molar-refractivity contribution in [3.63, 3.8) is 0 Å². The molecule has 0 bridgehead atoms. The second-order valence-electron chi connectivity index (χ2n) is 8.69. The molecular weight excluding hydrogens is 466 g/mol. The number of aromatic nitrogens is 1. The number of benzene rings is 5. The maximum atomic E-state index is 3.77. The van der Waals surface area contributed by atoms with Crippen LogP contribution >= 0.6 is 15.9 Å². The van der Waals surface area contributed by atoms with E-state index in [-0.39, 0.29) is 0 Å². The summed E-state index contributed by atoms with van der Waals surface area (Å²) in [6, 6.07) is 39.6. The fourth-order valence-electron chi connectivity index (χ4n) is 5.46. The third-order valence-corrected chi connectivity index (χ3v) is 7.68. The molecule has 2 heteroatoms. The molecule has 6 aromatic rings. The van der Waals surface area contributed by atoms with E-state index in [4.69, 9.17) is 0 Å². The summed E-state index contributed by atoms with van der Waals surface area (Å²) in [7, 11) is 0. The first kappa shape index (κ1) is 18.9. The molecule has 156 valence electrons. The molecule has 0 saturated heterocycles. The number of hydrogen-bond acceptors (Lipinski definition) is 0. The molecule has 33 heavy (non-hydrogen) atoms. The topological polar surface area (TPSA) is 4.93 Å². The summed E-state index contributed by atoms with van der Waals surface area (Å²) in [6.45, 7) is 0. The summed E-state index contributed by atoms with van der Waals surface area (Å²) < 4.78 is 3.59. The van der Waals surface area contributed by atoms with Gasteiger partial charge in [-0.2, -0.15) is 0 Å². The van der Waals surface area contributed by atoms with Crippen LogP contribution in [0, 0.1) is 0 Å². The quantitative estimate of drug-likeness (QED) is 0.230. The molecule has 0 radical (unpaired) electrons. The summed E-state index contributed by atoms with van der Waals surface area (Å²) in [5, 5.41) is 2.58. The molecule has 0 fully saturated rings. The van der Waals surface area contributed by atoms with E-state index in [1.165, 1.54) is 65.3 Å². The molecule has 1 aliphatic rings. The molecule has 0 saturated carbocycles. The second-order valence-corrected chi connectivity index (χ2v) is 9.55. The van der Waals surface area contributed by atoms with Gasteiger partial charge in [0.05, 0.1) is 11.0 Å². The number of para-hydroxylation sites is 2. The maximum absolute atomic E-state index is 3.77. The lowest BCUT2D eigenvalue weighted by molar-refractivity contribution is 1.18. The zero-order valence-corrected chi connectivity index (χ0v) is 19.5. The van der Waals surface area contributed by atoms with Gasteiger partial charge in [0.25, 0.3) is 0 Å². The van der Waals surface area contributed by atoms with E-state index in [2.05, 4.69) is 130 Å². The number of nitrogens with zero attached hydrogens (tertiary/aromatic N) is 1. The molecule has 0 spiro atoms. The van der Waals surface area contributed by atoms with Gasteiger partial charge in [0, 0.05) is 27.4 Å². The molecular formula is C31H20BrN. The molecule has 1 aliphatic carbocycles. The smallest absolute Gasteiger partial charge is 0.0547 e. The fraction of sp³-hybridized carbons (Fsp3) is 0.0323. The number of halogens is 1. The van der Waals surface area contributed by atoms with Crippen molar-refractivity contribution in [2.75, 3.05) is 0 Å². The largest absolute Gasteiger partial charge is 0.309 e. The van der Waals surface area contributed by atoms with Crippen LogP contribution in [0.1, 0.15) is 11.1 Å². The zero-order valence-electron chi connectivity index (χ0n) is 17.9. The van der Waals surface area contributed by atoms with Crippen LogP contribution in [-0.4, -0.2) is 4.57 Å². The van der Waals surface area contributed by atoms with Crippen molar-refractivity contribution < 1.29 is 0 Å². The monoisotopic (exact) mass is 485 g/mol. The van der Waals surface area contributed by atoms with Crippen molar-refractivity contribution in [1.29, 1.82) is 0 Å². The third kappa shape index (κ3) is 2.77. The molecule has 0 aliphatic heterocycles. The highest BCUT2D eigenvalue weighted by atomic mass is 79.9. The van der Waals surface area contributed by atoms with Crippen LogP contribution in [-0.2, 0) is 6.42 Å². The van der Waals surface area contributed by atoms with Gasteiger partial charge in [0.1, 0.15) is 0 Å². The van der Waals surface area contributed by atoms with Gasteiger partial charge >= 0.3 is 0 Å². The summed E-state index contributed by atoms with van der Waals surface area (Å²) >= 11 is 3.77. The van der Waals surface area contributed by atoms with E-state index in [1.54, 1.807) is 0 Å². The van der Waals surface area contributed by atoms with Crippen molar-refractivity contribution in [2.24, 2.45) is 0 Å². The van der Waals surface area contributed by atoms with Crippen LogP contribution < -0.4 is 0 Å². The lowest BCUT2D eigenvalue weighted by Crippen LogP contribution is -1.94. The second kappa shape index (κ2) is 7.19. The van der Waals surface area contributed by atoms with Crippen molar-refractivity contribution in [2.45, 2.75) is 6.42 Å². The van der Waals surface area contributed by atoms with E-state index in [1.807, 2.05) is 0 Å². The minimum Gasteiger partial charge on any atom is -0.309 e. The highest BCUT2D eigenvalue weighted by Crippen LogP contribution is 2.44. The third-order valence-electron chi connectivity index (χ3n) is 6.94. The van der Waals surface area contributed by atoms with Gasteiger partial charge in [-0.1, -0.05) is 94.8 Å². The average molecular weight is 486 g/mol. The zero-order chi connectivity index (χ0) is 21.9. The van der Waals surface area contributed by atoms with Crippen molar-refractivity contribution >= 4 is 37.7 Å². The Hall–Kier alpha value is -3.62. The first-order valence-corrected chi connectivity index (χ1v) is 12.1. The van der Waals surface area contributed by atoms with E-state index in [0.29, 0.717) is 0 Å². The highest BCUT2D eigenvalue weighted by Gasteiger charge is 2.23. The van der Waals surface area contributed by atoms with Gasteiger partial charge in [0.15, 0.2) is 0 Å². The standard InChI is InChI=1S/C31H20BrN/c32-29-14-7-13-24-23-12-6-11-22(27(23)19-28(24)29)20-16-17-26-25-10-4-5-15-30(25)33(31(26)18-20)21-8-2-1-3-9-21/h1-18H,19H2. The number of fused-ring (bicyclic) bond motifs is 6. The average Bonchev–Trinajstić information content (AvgIpc) is 3.41. The van der Waals surface area contributed by atoms with E-state index < -0.39 is 0 Å². The van der Waals surface area contributed by atoms with Crippen molar-refractivity contribution in [3.05, 3.63) is 125 Å². The normalized spacial score (nSPS) is 12.3. The summed E-state index contributed by atoms with van der Waals surface area (Å²) in [6.07, 6.45) is 0.960. The Bertz CT molecular complexity index is 1690. The molecule has 1 nitrogen and oxygen atoms in total. The molecule has 5 aromatic carbocycles. The van der Waals surface area contributed by atoms with Crippen LogP contribution in [0.15, 0.2) is 114 Å². The van der Waals surface area contributed by atoms with Gasteiger partial charge in [-0.15, -0.1) is 0 Å². The van der Waals surface area contributed by atoms with Gasteiger partial charge in [-0.3, -0.25) is 0 Å². The molecule has 0 unspecified atom stereocenters. The lowest BCUT2D eigenvalue weighted by atomic mass is 9.95. The molecule has 7 rings (SSSR count). The Morgan fingerprint density at radius 1 is 0.545 bits per heavy atom. The Balaban J connectivity index is 1.49. The summed E-state index contributed by atoms with van der Waals surface area (Å²) in [5.41, 5.74) is 11.8. The van der Waals surface area contributed by atoms with Crippen LogP contribution in [0.5, 0.6) is 0 Å². The van der Waals surface area contributed by atoms with Gasteiger partial charge in [0.2, 0.25) is 0 Å². The van der Waals surface area contributed by atoms with Crippen LogP contribution in [0.4, 0.5) is 0 Å². The van der Waals surface area contributed by atoms with Gasteiger partial charge in [-0.05, 0) is 63.7 Å². The Labute approximate surface area is 201 Å². The fourth-order valence-corrected chi connectivity index (χ4v) is 5.97. The summed E-state index contributed by atoms with van der Waals surface area (Å²) in [5.74, 6) is 0. The Morgan fingerprint density at radius 3 is 2.12 bits per heavy atom. The summed E-state index contributed by atoms with van der Waals surface area (Å²) in [4.78, 5) is 0. The number of hydrogen-bond donors (Lipinski definition) is 0. The molecule has 0 amide bonds. The van der Waals surface area contributed by atoms with E-state index >= 15 is 0 Å². The Morgan fingerprint density at radius 2 is 1.24 bits per heavy atom. The minimum absolute atomic E-state index is 0.960. The molecule has 1 aromatic heterocycles. The van der Waals surface area contributed by atoms with Crippen LogP contribution in [0.25, 0.3) is 49.7 Å². The molecule has 0 atom stereocenters. The predicted molar refractivity (Wildman–Crippen MR) is 142 cm³/mol. The van der Waals surface area contributed by atoms with Crippen LogP contribution in [0.3, 0.4) is 0 Å². The Kier molecular flexibility index (Phi) is 4.12. The van der Waals surface area contributed by atoms with Crippen molar-refractivity contribution in [1.82, 2.24) is 4.57 Å². The number of rotatable bonds is 2.